The number of amidine groups is 1. The molecule has 2 heterocycles. The largest absolute Gasteiger partial charge is 0.455 e. The maximum atomic E-state index is 7.90. The van der Waals surface area contributed by atoms with Gasteiger partial charge >= 0.3 is 0 Å². The molecule has 3 heteroatoms. The van der Waals surface area contributed by atoms with Gasteiger partial charge in [-0.25, -0.2) is 0 Å². The van der Waals surface area contributed by atoms with E-state index in [1.165, 1.54) is 24.0 Å². The predicted octanol–water partition coefficient (Wildman–Crippen LogP) is 2.86. The molecule has 0 aromatic heterocycles. The molecule has 0 saturated carbocycles. The summed E-state index contributed by atoms with van der Waals surface area (Å²) >= 11 is 0. The summed E-state index contributed by atoms with van der Waals surface area (Å²) in [6.45, 7) is 3.07. The van der Waals surface area contributed by atoms with E-state index in [0.717, 1.165) is 13.0 Å². The molecule has 2 saturated heterocycles. The molecule has 0 radical (unpaired) electrons. The second kappa shape index (κ2) is 4.06. The van der Waals surface area contributed by atoms with E-state index in [1.807, 2.05) is 0 Å². The predicted molar refractivity (Wildman–Crippen MR) is 67.1 cm³/mol. The smallest absolute Gasteiger partial charge is 0.285 e. The third kappa shape index (κ3) is 1.79. The first-order chi connectivity index (χ1) is 8.25. The van der Waals surface area contributed by atoms with E-state index in [2.05, 4.69) is 36.1 Å². The van der Waals surface area contributed by atoms with E-state index in [-0.39, 0.29) is 6.10 Å². The van der Waals surface area contributed by atoms with Crippen LogP contribution in [0.5, 0.6) is 0 Å². The highest BCUT2D eigenvalue weighted by Gasteiger charge is 2.41. The Morgan fingerprint density at radius 2 is 2.00 bits per heavy atom. The summed E-state index contributed by atoms with van der Waals surface area (Å²) in [6.07, 6.45) is 3.63. The monoisotopic (exact) mass is 230 g/mol. The molecule has 3 nitrogen and oxygen atoms in total. The molecular formula is C14H18N2O. The van der Waals surface area contributed by atoms with Crippen molar-refractivity contribution in [1.29, 1.82) is 5.41 Å². The molecular weight excluding hydrogens is 212 g/mol. The Morgan fingerprint density at radius 1 is 1.24 bits per heavy atom. The maximum Gasteiger partial charge on any atom is 0.285 e. The van der Waals surface area contributed by atoms with E-state index in [9.17, 15) is 0 Å². The Labute approximate surface area is 102 Å². The Kier molecular flexibility index (Phi) is 2.54. The highest BCUT2D eigenvalue weighted by Crippen LogP contribution is 2.37. The molecule has 2 fully saturated rings. The Bertz CT molecular complexity index is 426. The number of fused-ring (bicyclic) bond motifs is 1. The minimum Gasteiger partial charge on any atom is -0.455 e. The number of ether oxygens (including phenoxy) is 1. The summed E-state index contributed by atoms with van der Waals surface area (Å²) in [5.41, 5.74) is 2.47. The first-order valence-electron chi connectivity index (χ1n) is 6.34. The highest BCUT2D eigenvalue weighted by molar-refractivity contribution is 5.73. The molecule has 2 aliphatic rings. The van der Waals surface area contributed by atoms with Crippen LogP contribution in [-0.4, -0.2) is 23.5 Å². The van der Waals surface area contributed by atoms with Gasteiger partial charge in [0.1, 0.15) is 6.10 Å². The van der Waals surface area contributed by atoms with Gasteiger partial charge in [0.15, 0.2) is 0 Å². The van der Waals surface area contributed by atoms with Gasteiger partial charge in [-0.3, -0.25) is 5.41 Å². The lowest BCUT2D eigenvalue weighted by Gasteiger charge is -2.29. The van der Waals surface area contributed by atoms with Crippen LogP contribution in [-0.2, 0) is 4.74 Å². The topological polar surface area (TPSA) is 36.3 Å². The number of nitrogens with zero attached hydrogens (tertiary/aromatic N) is 1. The molecule has 1 aromatic rings. The summed E-state index contributed by atoms with van der Waals surface area (Å²) in [5, 5.41) is 7.90. The quantitative estimate of drug-likeness (QED) is 0.805. The Balaban J connectivity index is 1.88. The van der Waals surface area contributed by atoms with Crippen molar-refractivity contribution in [3.63, 3.8) is 0 Å². The van der Waals surface area contributed by atoms with Crippen LogP contribution >= 0.6 is 0 Å². The molecule has 3 rings (SSSR count). The van der Waals surface area contributed by atoms with Gasteiger partial charge in [0, 0.05) is 6.54 Å². The van der Waals surface area contributed by atoms with Gasteiger partial charge in [-0.15, -0.1) is 0 Å². The number of benzene rings is 1. The standard InChI is InChI=1S/C14H18N2O/c1-10-5-7-11(8-6-10)13-12-4-2-3-9-16(12)14(15)17-13/h5-8,12-13,15H,2-4,9H2,1H3/t12-,13+/m0/s1. The molecule has 2 aliphatic heterocycles. The number of rotatable bonds is 1. The molecule has 90 valence electrons. The van der Waals surface area contributed by atoms with E-state index < -0.39 is 0 Å². The lowest BCUT2D eigenvalue weighted by Crippen LogP contribution is -2.38. The third-order valence-corrected chi connectivity index (χ3v) is 3.80. The molecule has 1 aromatic carbocycles. The normalized spacial score (nSPS) is 27.8. The van der Waals surface area contributed by atoms with E-state index in [4.69, 9.17) is 10.1 Å². The van der Waals surface area contributed by atoms with Crippen molar-refractivity contribution >= 4 is 6.02 Å². The minimum absolute atomic E-state index is 0.0587. The van der Waals surface area contributed by atoms with Crippen molar-refractivity contribution in [2.24, 2.45) is 0 Å². The van der Waals surface area contributed by atoms with Gasteiger partial charge < -0.3 is 9.64 Å². The fourth-order valence-electron chi connectivity index (χ4n) is 2.84. The lowest BCUT2D eigenvalue weighted by atomic mass is 9.94. The molecule has 0 bridgehead atoms. The van der Waals surface area contributed by atoms with Crippen LogP contribution in [0.4, 0.5) is 0 Å². The minimum atomic E-state index is 0.0587. The first kappa shape index (κ1) is 10.6. The molecule has 0 spiro atoms. The number of aryl methyl sites for hydroxylation is 1. The van der Waals surface area contributed by atoms with Crippen LogP contribution in [0.2, 0.25) is 0 Å². The average Bonchev–Trinajstić information content (AvgIpc) is 2.69. The van der Waals surface area contributed by atoms with Gasteiger partial charge in [0.2, 0.25) is 0 Å². The summed E-state index contributed by atoms with van der Waals surface area (Å²) in [4.78, 5) is 2.12. The van der Waals surface area contributed by atoms with Crippen LogP contribution in [0.3, 0.4) is 0 Å². The maximum absolute atomic E-state index is 7.90. The molecule has 2 atom stereocenters. The van der Waals surface area contributed by atoms with E-state index in [1.54, 1.807) is 0 Å². The van der Waals surface area contributed by atoms with Gasteiger partial charge in [-0.05, 0) is 31.7 Å². The lowest BCUT2D eigenvalue weighted by molar-refractivity contribution is 0.167. The summed E-state index contributed by atoms with van der Waals surface area (Å²) < 4.78 is 5.74. The number of hydrogen-bond acceptors (Lipinski definition) is 2. The first-order valence-corrected chi connectivity index (χ1v) is 6.34. The zero-order valence-corrected chi connectivity index (χ0v) is 10.1. The van der Waals surface area contributed by atoms with Crippen LogP contribution in [0.25, 0.3) is 0 Å². The van der Waals surface area contributed by atoms with Crippen molar-refractivity contribution in [1.82, 2.24) is 4.90 Å². The fraction of sp³-hybridized carbons (Fsp3) is 0.500. The van der Waals surface area contributed by atoms with E-state index in [0.29, 0.717) is 12.1 Å². The number of hydrogen-bond donors (Lipinski definition) is 1. The molecule has 1 N–H and O–H groups in total. The Morgan fingerprint density at radius 3 is 2.76 bits per heavy atom. The highest BCUT2D eigenvalue weighted by atomic mass is 16.5. The van der Waals surface area contributed by atoms with E-state index >= 15 is 0 Å². The molecule has 0 aliphatic carbocycles. The van der Waals surface area contributed by atoms with Gasteiger partial charge in [0.25, 0.3) is 6.02 Å². The Hall–Kier alpha value is -1.51. The molecule has 0 unspecified atom stereocenters. The van der Waals surface area contributed by atoms with Crippen molar-refractivity contribution in [3.8, 4) is 0 Å². The number of nitrogens with one attached hydrogen (secondary N) is 1. The van der Waals surface area contributed by atoms with Crippen LogP contribution in [0.15, 0.2) is 24.3 Å². The van der Waals surface area contributed by atoms with Crippen LogP contribution in [0.1, 0.15) is 36.5 Å². The van der Waals surface area contributed by atoms with Gasteiger partial charge in [-0.2, -0.15) is 0 Å². The molecule has 0 amide bonds. The average molecular weight is 230 g/mol. The second-order valence-electron chi connectivity index (χ2n) is 5.01. The van der Waals surface area contributed by atoms with Gasteiger partial charge in [-0.1, -0.05) is 29.8 Å². The third-order valence-electron chi connectivity index (χ3n) is 3.80. The molecule has 17 heavy (non-hydrogen) atoms. The van der Waals surface area contributed by atoms with Crippen LogP contribution in [0, 0.1) is 12.3 Å². The van der Waals surface area contributed by atoms with Crippen molar-refractivity contribution in [2.75, 3.05) is 6.54 Å². The summed E-state index contributed by atoms with van der Waals surface area (Å²) in [7, 11) is 0. The van der Waals surface area contributed by atoms with Crippen molar-refractivity contribution in [2.45, 2.75) is 38.3 Å². The van der Waals surface area contributed by atoms with Crippen LogP contribution < -0.4 is 0 Å². The zero-order valence-electron chi connectivity index (χ0n) is 10.1. The number of piperidine rings is 1. The second-order valence-corrected chi connectivity index (χ2v) is 5.01. The zero-order chi connectivity index (χ0) is 11.8. The van der Waals surface area contributed by atoms with Gasteiger partial charge in [0.05, 0.1) is 6.04 Å². The fourth-order valence-corrected chi connectivity index (χ4v) is 2.84. The van der Waals surface area contributed by atoms with Crippen molar-refractivity contribution < 1.29 is 4.74 Å². The SMILES string of the molecule is Cc1ccc([C@H]2OC(=N)N3CCCC[C@@H]23)cc1. The summed E-state index contributed by atoms with van der Waals surface area (Å²) in [6, 6.07) is 9.23. The summed E-state index contributed by atoms with van der Waals surface area (Å²) in [5.74, 6) is 0. The van der Waals surface area contributed by atoms with Crippen molar-refractivity contribution in [3.05, 3.63) is 35.4 Å².